The molecule has 2 aromatic rings. The number of halogens is 1. The Balaban J connectivity index is 2.37. The van der Waals surface area contributed by atoms with Crippen LogP contribution >= 0.6 is 0 Å². The summed E-state index contributed by atoms with van der Waals surface area (Å²) < 4.78 is 13.9. The maximum atomic E-state index is 13.9. The summed E-state index contributed by atoms with van der Waals surface area (Å²) in [6.07, 6.45) is 1.72. The molecule has 0 bridgehead atoms. The van der Waals surface area contributed by atoms with Crippen molar-refractivity contribution in [2.45, 2.75) is 13.5 Å². The predicted molar refractivity (Wildman–Crippen MR) is 78.4 cm³/mol. The fraction of sp³-hybridized carbons (Fsp3) is 0.200. The summed E-state index contributed by atoms with van der Waals surface area (Å²) in [6.45, 7) is 3.18. The van der Waals surface area contributed by atoms with Crippen LogP contribution in [0.5, 0.6) is 0 Å². The predicted octanol–water partition coefficient (Wildman–Crippen LogP) is 2.53. The van der Waals surface area contributed by atoms with Gasteiger partial charge in [-0.1, -0.05) is 12.1 Å². The topological polar surface area (TPSA) is 66.0 Å². The Morgan fingerprint density at radius 3 is 2.70 bits per heavy atom. The number of benzene rings is 1. The van der Waals surface area contributed by atoms with Crippen molar-refractivity contribution >= 4 is 11.5 Å². The maximum Gasteiger partial charge on any atom is 0.136 e. The summed E-state index contributed by atoms with van der Waals surface area (Å²) in [7, 11) is 0. The van der Waals surface area contributed by atoms with E-state index in [9.17, 15) is 4.39 Å². The highest BCUT2D eigenvalue weighted by atomic mass is 19.1. The van der Waals surface area contributed by atoms with Crippen molar-refractivity contribution in [3.8, 4) is 0 Å². The average Bonchev–Trinajstić information content (AvgIpc) is 2.45. The standard InChI is InChI=1S/C15H17FN4/c1-2-20(10-11-6-3-4-9-19-11)13-8-5-7-12(16)14(13)15(17)18/h3-9H,2,10H2,1H3,(H3,17,18). The lowest BCUT2D eigenvalue weighted by molar-refractivity contribution is 0.623. The van der Waals surface area contributed by atoms with Crippen molar-refractivity contribution in [3.05, 3.63) is 59.7 Å². The molecule has 0 amide bonds. The van der Waals surface area contributed by atoms with Gasteiger partial charge in [-0.3, -0.25) is 10.4 Å². The molecule has 4 nitrogen and oxygen atoms in total. The first-order valence-electron chi connectivity index (χ1n) is 6.41. The zero-order chi connectivity index (χ0) is 14.5. The second kappa shape index (κ2) is 6.14. The summed E-state index contributed by atoms with van der Waals surface area (Å²) in [6, 6.07) is 10.4. The molecular weight excluding hydrogens is 255 g/mol. The van der Waals surface area contributed by atoms with E-state index in [0.717, 1.165) is 5.69 Å². The SMILES string of the molecule is CCN(Cc1ccccn1)c1cccc(F)c1C(=N)N. The third-order valence-electron chi connectivity index (χ3n) is 3.06. The highest BCUT2D eigenvalue weighted by Gasteiger charge is 2.16. The summed E-state index contributed by atoms with van der Waals surface area (Å²) in [5, 5.41) is 7.56. The molecule has 0 saturated carbocycles. The van der Waals surface area contributed by atoms with Crippen LogP contribution in [-0.4, -0.2) is 17.4 Å². The van der Waals surface area contributed by atoms with Crippen LogP contribution in [0.25, 0.3) is 0 Å². The van der Waals surface area contributed by atoms with Crippen LogP contribution in [0.1, 0.15) is 18.2 Å². The average molecular weight is 272 g/mol. The molecule has 0 aliphatic rings. The lowest BCUT2D eigenvalue weighted by atomic mass is 10.1. The van der Waals surface area contributed by atoms with Crippen molar-refractivity contribution in [1.82, 2.24) is 4.98 Å². The summed E-state index contributed by atoms with van der Waals surface area (Å²) >= 11 is 0. The Morgan fingerprint density at radius 1 is 1.30 bits per heavy atom. The molecule has 0 unspecified atom stereocenters. The van der Waals surface area contributed by atoms with Crippen molar-refractivity contribution < 1.29 is 4.39 Å². The smallest absolute Gasteiger partial charge is 0.136 e. The van der Waals surface area contributed by atoms with Gasteiger partial charge >= 0.3 is 0 Å². The second-order valence-electron chi connectivity index (χ2n) is 4.38. The number of nitrogen functional groups attached to an aromatic ring is 1. The fourth-order valence-corrected chi connectivity index (χ4v) is 2.10. The third-order valence-corrected chi connectivity index (χ3v) is 3.06. The maximum absolute atomic E-state index is 13.9. The third kappa shape index (κ3) is 2.93. The number of amidine groups is 1. The zero-order valence-corrected chi connectivity index (χ0v) is 11.3. The van der Waals surface area contributed by atoms with Crippen LogP contribution < -0.4 is 10.6 Å². The van der Waals surface area contributed by atoms with Gasteiger partial charge in [-0.05, 0) is 31.2 Å². The Labute approximate surface area is 117 Å². The van der Waals surface area contributed by atoms with Gasteiger partial charge in [0.05, 0.1) is 23.5 Å². The Morgan fingerprint density at radius 2 is 2.10 bits per heavy atom. The van der Waals surface area contributed by atoms with Gasteiger partial charge in [0.25, 0.3) is 0 Å². The molecule has 0 aliphatic heterocycles. The van der Waals surface area contributed by atoms with Gasteiger partial charge in [0.15, 0.2) is 0 Å². The highest BCUT2D eigenvalue weighted by molar-refractivity contribution is 6.00. The van der Waals surface area contributed by atoms with E-state index in [1.165, 1.54) is 6.07 Å². The van der Waals surface area contributed by atoms with Gasteiger partial charge in [0.1, 0.15) is 11.7 Å². The van der Waals surface area contributed by atoms with Crippen LogP contribution in [0, 0.1) is 11.2 Å². The number of nitrogens with two attached hydrogens (primary N) is 1. The largest absolute Gasteiger partial charge is 0.384 e. The number of rotatable bonds is 5. The molecule has 2 rings (SSSR count). The van der Waals surface area contributed by atoms with Gasteiger partial charge in [-0.2, -0.15) is 0 Å². The van der Waals surface area contributed by atoms with E-state index in [1.54, 1.807) is 18.3 Å². The number of aromatic nitrogens is 1. The number of anilines is 1. The van der Waals surface area contributed by atoms with Crippen molar-refractivity contribution in [3.63, 3.8) is 0 Å². The Kier molecular flexibility index (Phi) is 4.30. The van der Waals surface area contributed by atoms with Gasteiger partial charge in [0.2, 0.25) is 0 Å². The molecule has 0 radical (unpaired) electrons. The lowest BCUT2D eigenvalue weighted by Crippen LogP contribution is -2.27. The first kappa shape index (κ1) is 14.0. The molecule has 3 N–H and O–H groups in total. The highest BCUT2D eigenvalue weighted by Crippen LogP contribution is 2.24. The number of hydrogen-bond acceptors (Lipinski definition) is 3. The molecule has 0 spiro atoms. The monoisotopic (exact) mass is 272 g/mol. The molecule has 0 atom stereocenters. The first-order chi connectivity index (χ1) is 9.63. The number of pyridine rings is 1. The van der Waals surface area contributed by atoms with E-state index < -0.39 is 5.82 Å². The molecule has 0 aliphatic carbocycles. The van der Waals surface area contributed by atoms with Crippen molar-refractivity contribution in [2.75, 3.05) is 11.4 Å². The minimum atomic E-state index is -0.477. The summed E-state index contributed by atoms with van der Waals surface area (Å²) in [4.78, 5) is 6.22. The van der Waals surface area contributed by atoms with Crippen LogP contribution in [0.15, 0.2) is 42.6 Å². The van der Waals surface area contributed by atoms with Gasteiger partial charge < -0.3 is 10.6 Å². The van der Waals surface area contributed by atoms with Crippen LogP contribution in [0.2, 0.25) is 0 Å². The van der Waals surface area contributed by atoms with E-state index in [-0.39, 0.29) is 11.4 Å². The van der Waals surface area contributed by atoms with E-state index in [0.29, 0.717) is 18.8 Å². The minimum Gasteiger partial charge on any atom is -0.384 e. The number of nitrogens with zero attached hydrogens (tertiary/aromatic N) is 2. The Bertz CT molecular complexity index is 598. The van der Waals surface area contributed by atoms with E-state index in [2.05, 4.69) is 4.98 Å². The normalized spacial score (nSPS) is 10.3. The van der Waals surface area contributed by atoms with E-state index >= 15 is 0 Å². The molecule has 1 heterocycles. The fourth-order valence-electron chi connectivity index (χ4n) is 2.10. The van der Waals surface area contributed by atoms with Crippen LogP contribution in [0.3, 0.4) is 0 Å². The van der Waals surface area contributed by atoms with E-state index in [4.69, 9.17) is 11.1 Å². The molecule has 0 fully saturated rings. The first-order valence-corrected chi connectivity index (χ1v) is 6.41. The number of hydrogen-bond donors (Lipinski definition) is 2. The molecule has 0 saturated heterocycles. The van der Waals surface area contributed by atoms with E-state index in [1.807, 2.05) is 30.0 Å². The van der Waals surface area contributed by atoms with Gasteiger partial charge in [0, 0.05) is 12.7 Å². The molecule has 1 aromatic heterocycles. The number of nitrogens with one attached hydrogen (secondary N) is 1. The molecule has 5 heteroatoms. The van der Waals surface area contributed by atoms with Crippen LogP contribution in [0.4, 0.5) is 10.1 Å². The quantitative estimate of drug-likeness (QED) is 0.649. The minimum absolute atomic E-state index is 0.144. The van der Waals surface area contributed by atoms with Gasteiger partial charge in [-0.15, -0.1) is 0 Å². The summed E-state index contributed by atoms with van der Waals surface area (Å²) in [5.41, 5.74) is 7.14. The van der Waals surface area contributed by atoms with Crippen LogP contribution in [-0.2, 0) is 6.54 Å². The molecule has 1 aromatic carbocycles. The zero-order valence-electron chi connectivity index (χ0n) is 11.3. The van der Waals surface area contributed by atoms with Gasteiger partial charge in [-0.25, -0.2) is 4.39 Å². The lowest BCUT2D eigenvalue weighted by Gasteiger charge is -2.25. The molecule has 104 valence electrons. The van der Waals surface area contributed by atoms with Crippen molar-refractivity contribution in [2.24, 2.45) is 5.73 Å². The molecular formula is C15H17FN4. The van der Waals surface area contributed by atoms with Crippen molar-refractivity contribution in [1.29, 1.82) is 5.41 Å². The molecule has 20 heavy (non-hydrogen) atoms. The Hall–Kier alpha value is -2.43. The second-order valence-corrected chi connectivity index (χ2v) is 4.38. The summed E-state index contributed by atoms with van der Waals surface area (Å²) in [5.74, 6) is -0.743.